The third-order valence-electron chi connectivity index (χ3n) is 10.7. The fourth-order valence-corrected chi connectivity index (χ4v) is 8.03. The van der Waals surface area contributed by atoms with Crippen molar-refractivity contribution in [1.82, 2.24) is 24.2 Å². The van der Waals surface area contributed by atoms with Crippen LogP contribution in [0.15, 0.2) is 79.1 Å². The van der Waals surface area contributed by atoms with Gasteiger partial charge in [0.2, 0.25) is 5.69 Å². The lowest BCUT2D eigenvalue weighted by Gasteiger charge is -2.27. The molecule has 2 fully saturated rings. The van der Waals surface area contributed by atoms with Crippen LogP contribution in [0.3, 0.4) is 0 Å². The summed E-state index contributed by atoms with van der Waals surface area (Å²) in [5.41, 5.74) is 2.04. The molecule has 0 saturated heterocycles. The molecule has 4 aromatic heterocycles. The van der Waals surface area contributed by atoms with E-state index in [-0.39, 0.29) is 23.7 Å². The highest BCUT2D eigenvalue weighted by atomic mass is 35.5. The maximum atomic E-state index is 15.1. The van der Waals surface area contributed by atoms with E-state index in [9.17, 15) is 5.26 Å². The quantitative estimate of drug-likeness (QED) is 0.149. The predicted molar refractivity (Wildman–Crippen MR) is 199 cm³/mol. The number of nitrogens with zero attached hydrogens (tertiary/aromatic N) is 8. The Bertz CT molecular complexity index is 2410. The first kappa shape index (κ1) is 35.4. The van der Waals surface area contributed by atoms with Crippen LogP contribution in [0.25, 0.3) is 39.5 Å². The van der Waals surface area contributed by atoms with Gasteiger partial charge in [0.25, 0.3) is 0 Å². The minimum atomic E-state index is -4.70. The highest BCUT2D eigenvalue weighted by molar-refractivity contribution is 6.30. The van der Waals surface area contributed by atoms with Crippen LogP contribution in [-0.2, 0) is 6.18 Å². The van der Waals surface area contributed by atoms with Crippen molar-refractivity contribution in [1.29, 1.82) is 10.5 Å². The number of rotatable bonds is 8. The van der Waals surface area contributed by atoms with Gasteiger partial charge in [0.1, 0.15) is 23.3 Å². The average molecular weight is 750 g/mol. The number of benzene rings is 2. The largest absolute Gasteiger partial charge is 0.420 e. The van der Waals surface area contributed by atoms with Gasteiger partial charge in [-0.15, -0.1) is 5.10 Å². The second kappa shape index (κ2) is 14.6. The summed E-state index contributed by atoms with van der Waals surface area (Å²) in [5.74, 6) is 1.67. The zero-order valence-electron chi connectivity index (χ0n) is 29.3. The zero-order chi connectivity index (χ0) is 37.4. The van der Waals surface area contributed by atoms with Crippen molar-refractivity contribution < 1.29 is 17.7 Å². The van der Waals surface area contributed by atoms with Crippen molar-refractivity contribution in [2.45, 2.75) is 76.0 Å². The maximum absolute atomic E-state index is 15.1. The lowest BCUT2D eigenvalue weighted by molar-refractivity contribution is -0.568. The number of imidazole rings is 2. The second-order valence-corrected chi connectivity index (χ2v) is 14.7. The van der Waals surface area contributed by atoms with E-state index in [4.69, 9.17) is 27.1 Å². The number of alkyl halides is 3. The summed E-state index contributed by atoms with van der Waals surface area (Å²) < 4.78 is 50.0. The van der Waals surface area contributed by atoms with E-state index < -0.39 is 11.7 Å². The van der Waals surface area contributed by atoms with Crippen LogP contribution in [-0.4, -0.2) is 36.3 Å². The van der Waals surface area contributed by atoms with E-state index in [2.05, 4.69) is 27.8 Å². The van der Waals surface area contributed by atoms with Crippen molar-refractivity contribution >= 4 is 34.5 Å². The van der Waals surface area contributed by atoms with Crippen LogP contribution < -0.4 is 15.2 Å². The molecule has 4 heterocycles. The highest BCUT2D eigenvalue weighted by Crippen LogP contribution is 2.37. The Kier molecular flexibility index (Phi) is 9.59. The first-order valence-corrected chi connectivity index (χ1v) is 18.6. The molecule has 0 spiro atoms. The van der Waals surface area contributed by atoms with Gasteiger partial charge in [-0.3, -0.25) is 0 Å². The van der Waals surface area contributed by atoms with Crippen LogP contribution in [0.2, 0.25) is 5.02 Å². The molecule has 0 radical (unpaired) electrons. The third-order valence-corrected chi connectivity index (χ3v) is 11.0. The van der Waals surface area contributed by atoms with Crippen molar-refractivity contribution in [2.24, 2.45) is 11.8 Å². The molecule has 0 amide bonds. The Morgan fingerprint density at radius 1 is 0.796 bits per heavy atom. The fraction of sp³-hybridized carbons (Fsp3) is 0.350. The average Bonchev–Trinajstić information content (AvgIpc) is 3.77. The Balaban J connectivity index is 1.16. The van der Waals surface area contributed by atoms with Crippen LogP contribution in [0.4, 0.5) is 24.8 Å². The van der Waals surface area contributed by atoms with E-state index in [1.54, 1.807) is 57.7 Å². The van der Waals surface area contributed by atoms with E-state index in [1.807, 2.05) is 12.1 Å². The molecule has 0 atom stereocenters. The molecule has 54 heavy (non-hydrogen) atoms. The minimum Gasteiger partial charge on any atom is -0.366 e. The Labute approximate surface area is 314 Å². The summed E-state index contributed by atoms with van der Waals surface area (Å²) in [7, 11) is 0. The molecule has 2 aromatic carbocycles. The third kappa shape index (κ3) is 7.16. The zero-order valence-corrected chi connectivity index (χ0v) is 30.0. The molecule has 2 aliphatic rings. The van der Waals surface area contributed by atoms with E-state index in [1.165, 1.54) is 16.8 Å². The second-order valence-electron chi connectivity index (χ2n) is 14.3. The molecule has 0 aliphatic heterocycles. The number of anilines is 2. The monoisotopic (exact) mass is 749 g/mol. The molecule has 0 bridgehead atoms. The molecule has 2 saturated carbocycles. The van der Waals surface area contributed by atoms with Gasteiger partial charge in [0.15, 0.2) is 11.5 Å². The number of nitrogens with one attached hydrogen (secondary N) is 2. The molecule has 10 nitrogen and oxygen atoms in total. The van der Waals surface area contributed by atoms with Crippen molar-refractivity contribution in [3.05, 3.63) is 89.7 Å². The number of nitriles is 2. The van der Waals surface area contributed by atoms with Crippen LogP contribution in [0, 0.1) is 34.5 Å². The van der Waals surface area contributed by atoms with Crippen molar-refractivity contribution in [3.63, 3.8) is 0 Å². The number of halogens is 4. The van der Waals surface area contributed by atoms with Crippen molar-refractivity contribution in [3.8, 4) is 40.3 Å². The number of fused-ring (bicyclic) bond motifs is 2. The first-order valence-electron chi connectivity index (χ1n) is 18.2. The van der Waals surface area contributed by atoms with Gasteiger partial charge < -0.3 is 10.6 Å². The predicted octanol–water partition coefficient (Wildman–Crippen LogP) is 9.04. The Hall–Kier alpha value is -5.66. The van der Waals surface area contributed by atoms with Gasteiger partial charge in [0, 0.05) is 46.6 Å². The van der Waals surface area contributed by atoms with Crippen LogP contribution >= 0.6 is 11.6 Å². The van der Waals surface area contributed by atoms with E-state index >= 15 is 13.2 Å². The molecule has 6 aromatic rings. The highest BCUT2D eigenvalue weighted by Gasteiger charge is 2.38. The smallest absolute Gasteiger partial charge is 0.366 e. The minimum absolute atomic E-state index is 0.0625. The lowest BCUT2D eigenvalue weighted by atomic mass is 9.84. The van der Waals surface area contributed by atoms with Gasteiger partial charge in [-0.1, -0.05) is 33.3 Å². The molecule has 2 aliphatic carbocycles. The van der Waals surface area contributed by atoms with Gasteiger partial charge in [-0.05, 0) is 106 Å². The van der Waals surface area contributed by atoms with Gasteiger partial charge >= 0.3 is 11.8 Å². The number of hydrogen-bond donors (Lipinski definition) is 2. The molecule has 14 heteroatoms. The summed E-state index contributed by atoms with van der Waals surface area (Å²) in [6, 6.07) is 23.5. The van der Waals surface area contributed by atoms with E-state index in [0.717, 1.165) is 57.4 Å². The summed E-state index contributed by atoms with van der Waals surface area (Å²) in [5, 5.41) is 35.4. The first-order chi connectivity index (χ1) is 26.2. The van der Waals surface area contributed by atoms with Crippen LogP contribution in [0.5, 0.6) is 0 Å². The van der Waals surface area contributed by atoms with Gasteiger partial charge in [0.05, 0.1) is 24.0 Å². The molecule has 274 valence electrons. The maximum Gasteiger partial charge on any atom is 0.420 e. The molecule has 2 N–H and O–H groups in total. The summed E-state index contributed by atoms with van der Waals surface area (Å²) in [6.07, 6.45) is 6.09. The fourth-order valence-electron chi connectivity index (χ4n) is 7.84. The lowest BCUT2D eigenvalue weighted by Crippen LogP contribution is -2.33. The normalized spacial score (nSPS) is 20.4. The van der Waals surface area contributed by atoms with Gasteiger partial charge in [-0.25, -0.2) is 9.50 Å². The summed E-state index contributed by atoms with van der Waals surface area (Å²) in [6.45, 7) is 0. The topological polar surface area (TPSA) is 123 Å². The van der Waals surface area contributed by atoms with Crippen molar-refractivity contribution in [2.75, 3.05) is 10.6 Å². The Morgan fingerprint density at radius 2 is 1.48 bits per heavy atom. The summed E-state index contributed by atoms with van der Waals surface area (Å²) >= 11 is 6.38. The molecule has 8 rings (SSSR count). The SMILES string of the molecule is N#CCC1CCC(Nc2ccc3n(n2)c(-c2cccc(Cl)c2)c[n+]3-c2ccc(-c3cnc4ccc(NC5CCC(C#N)CC5)nn34)cc2C(F)(F)F)CC1. The van der Waals surface area contributed by atoms with Gasteiger partial charge in [-0.2, -0.15) is 28.3 Å². The standard InChI is InChI=1S/C40H37ClF3N10/c41-29-3-1-2-27(20-29)35-24-52(39-17-15-37(51-54(35)39)49-30-9-4-25(5-10-30)18-19-45)33-13-8-28(21-32(33)40(42,43)44)34-23-47-38-16-14-36(50-53(34)38)48-31-11-6-26(22-46)7-12-31/h1-3,8,13-17,20-21,23-26,30-31H,4-7,9-12,18H2,(H,48,50)(H,49,51)/q+1. The molecular formula is C40H37ClF3N10+. The Morgan fingerprint density at radius 3 is 2.17 bits per heavy atom. The number of hydrogen-bond acceptors (Lipinski definition) is 7. The van der Waals surface area contributed by atoms with Crippen LogP contribution in [0.1, 0.15) is 63.4 Å². The van der Waals surface area contributed by atoms with E-state index in [0.29, 0.717) is 62.8 Å². The molecule has 0 unspecified atom stereocenters. The molecular weight excluding hydrogens is 713 g/mol. The number of aromatic nitrogens is 6. The summed E-state index contributed by atoms with van der Waals surface area (Å²) in [4.78, 5) is 4.43.